The summed E-state index contributed by atoms with van der Waals surface area (Å²) in [6.07, 6.45) is 4.49. The molecule has 0 spiro atoms. The Balaban J connectivity index is 1.86. The minimum Gasteiger partial charge on any atom is -0.497 e. The number of ether oxygens (including phenoxy) is 1. The van der Waals surface area contributed by atoms with Gasteiger partial charge in [-0.2, -0.15) is 0 Å². The summed E-state index contributed by atoms with van der Waals surface area (Å²) in [5.74, 6) is 1.47. The van der Waals surface area contributed by atoms with Gasteiger partial charge in [0.1, 0.15) is 5.75 Å². The van der Waals surface area contributed by atoms with E-state index in [0.717, 1.165) is 25.1 Å². The fourth-order valence-electron chi connectivity index (χ4n) is 2.67. The topological polar surface area (TPSA) is 29.5 Å². The molecule has 0 aromatic heterocycles. The third-order valence-electron chi connectivity index (χ3n) is 4.06. The molecular weight excluding hydrogens is 250 g/mol. The summed E-state index contributed by atoms with van der Waals surface area (Å²) in [4.78, 5) is 13.9. The van der Waals surface area contributed by atoms with Crippen molar-refractivity contribution in [2.75, 3.05) is 13.7 Å². The summed E-state index contributed by atoms with van der Waals surface area (Å²) in [7, 11) is 1.67. The van der Waals surface area contributed by atoms with E-state index in [1.807, 2.05) is 23.1 Å². The van der Waals surface area contributed by atoms with E-state index in [0.29, 0.717) is 12.3 Å². The first-order chi connectivity index (χ1) is 9.63. The molecule has 1 aliphatic rings. The fraction of sp³-hybridized carbons (Fsp3) is 0.471. The molecule has 1 aromatic carbocycles. The number of nitrogens with zero attached hydrogens (tertiary/aromatic N) is 1. The van der Waals surface area contributed by atoms with E-state index in [1.54, 1.807) is 7.11 Å². The molecule has 1 aromatic rings. The van der Waals surface area contributed by atoms with Gasteiger partial charge < -0.3 is 9.64 Å². The van der Waals surface area contributed by atoms with E-state index < -0.39 is 0 Å². The molecule has 20 heavy (non-hydrogen) atoms. The highest BCUT2D eigenvalue weighted by atomic mass is 16.5. The molecule has 1 fully saturated rings. The predicted molar refractivity (Wildman–Crippen MR) is 80.8 cm³/mol. The molecule has 1 aliphatic heterocycles. The lowest BCUT2D eigenvalue weighted by Gasteiger charge is -2.24. The summed E-state index contributed by atoms with van der Waals surface area (Å²) in [5, 5.41) is 0. The molecule has 3 heteroatoms. The normalized spacial score (nSPS) is 20.0. The summed E-state index contributed by atoms with van der Waals surface area (Å²) < 4.78 is 5.15. The van der Waals surface area contributed by atoms with Crippen molar-refractivity contribution in [2.24, 2.45) is 5.92 Å². The van der Waals surface area contributed by atoms with Crippen molar-refractivity contribution in [3.63, 3.8) is 0 Å². The average Bonchev–Trinajstić information content (AvgIpc) is 2.86. The van der Waals surface area contributed by atoms with Gasteiger partial charge in [-0.05, 0) is 37.5 Å². The Hall–Kier alpha value is -1.77. The highest BCUT2D eigenvalue weighted by Gasteiger charge is 2.30. The van der Waals surface area contributed by atoms with Gasteiger partial charge in [0.05, 0.1) is 7.11 Å². The summed E-state index contributed by atoms with van der Waals surface area (Å²) in [6, 6.07) is 8.42. The van der Waals surface area contributed by atoms with Crippen molar-refractivity contribution in [1.82, 2.24) is 4.90 Å². The Labute approximate surface area is 121 Å². The van der Waals surface area contributed by atoms with E-state index in [-0.39, 0.29) is 11.9 Å². The first-order valence-corrected chi connectivity index (χ1v) is 7.19. The van der Waals surface area contributed by atoms with Gasteiger partial charge in [-0.3, -0.25) is 4.79 Å². The third kappa shape index (κ3) is 3.41. The number of amides is 1. The molecular formula is C17H23NO2. The minimum absolute atomic E-state index is 0.261. The van der Waals surface area contributed by atoms with Gasteiger partial charge in [0.15, 0.2) is 0 Å². The Kier molecular flexibility index (Phi) is 4.83. The van der Waals surface area contributed by atoms with Gasteiger partial charge in [0, 0.05) is 24.9 Å². The summed E-state index contributed by atoms with van der Waals surface area (Å²) >= 11 is 0. The second kappa shape index (κ2) is 6.60. The van der Waals surface area contributed by atoms with E-state index in [1.165, 1.54) is 5.56 Å². The van der Waals surface area contributed by atoms with Crippen LogP contribution in [0.15, 0.2) is 36.9 Å². The molecule has 0 bridgehead atoms. The molecule has 0 saturated carbocycles. The third-order valence-corrected chi connectivity index (χ3v) is 4.06. The van der Waals surface area contributed by atoms with Crippen molar-refractivity contribution in [3.05, 3.63) is 42.5 Å². The van der Waals surface area contributed by atoms with Gasteiger partial charge in [0.2, 0.25) is 5.91 Å². The summed E-state index contributed by atoms with van der Waals surface area (Å²) in [6.45, 7) is 6.75. The molecule has 0 radical (unpaired) electrons. The van der Waals surface area contributed by atoms with Crippen molar-refractivity contribution in [1.29, 1.82) is 0 Å². The fourth-order valence-corrected chi connectivity index (χ4v) is 2.67. The SMILES string of the molecule is C=CC1CC(=O)N(C(C)CCc2ccc(OC)cc2)C1. The van der Waals surface area contributed by atoms with E-state index in [4.69, 9.17) is 4.74 Å². The maximum Gasteiger partial charge on any atom is 0.223 e. The molecule has 2 unspecified atom stereocenters. The minimum atomic E-state index is 0.261. The van der Waals surface area contributed by atoms with Crippen molar-refractivity contribution in [2.45, 2.75) is 32.2 Å². The maximum absolute atomic E-state index is 11.9. The average molecular weight is 273 g/mol. The molecule has 0 aliphatic carbocycles. The van der Waals surface area contributed by atoms with Crippen LogP contribution >= 0.6 is 0 Å². The van der Waals surface area contributed by atoms with Gasteiger partial charge in [0.25, 0.3) is 0 Å². The van der Waals surface area contributed by atoms with Crippen LogP contribution in [0.25, 0.3) is 0 Å². The molecule has 0 N–H and O–H groups in total. The Bertz CT molecular complexity index is 466. The van der Waals surface area contributed by atoms with Crippen molar-refractivity contribution < 1.29 is 9.53 Å². The van der Waals surface area contributed by atoms with Crippen LogP contribution in [0, 0.1) is 5.92 Å². The van der Waals surface area contributed by atoms with Crippen LogP contribution < -0.4 is 4.74 Å². The van der Waals surface area contributed by atoms with Crippen molar-refractivity contribution in [3.8, 4) is 5.75 Å². The first kappa shape index (κ1) is 14.6. The highest BCUT2D eigenvalue weighted by Crippen LogP contribution is 2.23. The molecule has 2 rings (SSSR count). The molecule has 1 amide bonds. The van der Waals surface area contributed by atoms with E-state index in [9.17, 15) is 4.79 Å². The van der Waals surface area contributed by atoms with Crippen molar-refractivity contribution >= 4 is 5.91 Å². The number of likely N-dealkylation sites (tertiary alicyclic amines) is 1. The predicted octanol–water partition coefficient (Wildman–Crippen LogP) is 3.05. The number of methoxy groups -OCH3 is 1. The van der Waals surface area contributed by atoms with Crippen LogP contribution in [0.5, 0.6) is 5.75 Å². The van der Waals surface area contributed by atoms with Crippen LogP contribution in [0.3, 0.4) is 0 Å². The van der Waals surface area contributed by atoms with Crippen LogP contribution in [-0.2, 0) is 11.2 Å². The van der Waals surface area contributed by atoms with Crippen LogP contribution in [-0.4, -0.2) is 30.5 Å². The van der Waals surface area contributed by atoms with E-state index >= 15 is 0 Å². The number of rotatable bonds is 6. The second-order valence-corrected chi connectivity index (χ2v) is 5.48. The molecule has 1 saturated heterocycles. The quantitative estimate of drug-likeness (QED) is 0.746. The lowest BCUT2D eigenvalue weighted by molar-refractivity contribution is -0.129. The van der Waals surface area contributed by atoms with Crippen LogP contribution in [0.1, 0.15) is 25.3 Å². The first-order valence-electron chi connectivity index (χ1n) is 7.19. The smallest absolute Gasteiger partial charge is 0.223 e. The largest absolute Gasteiger partial charge is 0.497 e. The van der Waals surface area contributed by atoms with Crippen LogP contribution in [0.4, 0.5) is 0 Å². The standard InChI is InChI=1S/C17H23NO2/c1-4-14-11-17(19)18(12-14)13(2)5-6-15-7-9-16(20-3)10-8-15/h4,7-10,13-14H,1,5-6,11-12H2,2-3H3. The van der Waals surface area contributed by atoms with Crippen LogP contribution in [0.2, 0.25) is 0 Å². The molecule has 108 valence electrons. The Morgan fingerprint density at radius 3 is 2.70 bits per heavy atom. The number of hydrogen-bond donors (Lipinski definition) is 0. The lowest BCUT2D eigenvalue weighted by atomic mass is 10.1. The Morgan fingerprint density at radius 1 is 1.45 bits per heavy atom. The number of carbonyl (C=O) groups excluding carboxylic acids is 1. The second-order valence-electron chi connectivity index (χ2n) is 5.48. The molecule has 3 nitrogen and oxygen atoms in total. The monoisotopic (exact) mass is 273 g/mol. The molecule has 1 heterocycles. The zero-order chi connectivity index (χ0) is 14.5. The number of carbonyl (C=O) groups is 1. The zero-order valence-corrected chi connectivity index (χ0v) is 12.3. The Morgan fingerprint density at radius 2 is 2.15 bits per heavy atom. The van der Waals surface area contributed by atoms with Gasteiger partial charge in [-0.1, -0.05) is 18.2 Å². The number of hydrogen-bond acceptors (Lipinski definition) is 2. The molecule has 2 atom stereocenters. The summed E-state index contributed by atoms with van der Waals surface area (Å²) in [5.41, 5.74) is 1.28. The maximum atomic E-state index is 11.9. The number of benzene rings is 1. The van der Waals surface area contributed by atoms with Gasteiger partial charge in [-0.15, -0.1) is 6.58 Å². The lowest BCUT2D eigenvalue weighted by Crippen LogP contribution is -2.34. The van der Waals surface area contributed by atoms with Gasteiger partial charge in [-0.25, -0.2) is 0 Å². The van der Waals surface area contributed by atoms with E-state index in [2.05, 4.69) is 25.6 Å². The number of aryl methyl sites for hydroxylation is 1. The van der Waals surface area contributed by atoms with Gasteiger partial charge >= 0.3 is 0 Å². The highest BCUT2D eigenvalue weighted by molar-refractivity contribution is 5.79. The zero-order valence-electron chi connectivity index (χ0n) is 12.3.